The average Bonchev–Trinajstić information content (AvgIpc) is 3.44. The highest BCUT2D eigenvalue weighted by molar-refractivity contribution is 5.99. The van der Waals surface area contributed by atoms with Gasteiger partial charge in [0.1, 0.15) is 11.3 Å². The summed E-state index contributed by atoms with van der Waals surface area (Å²) in [5.41, 5.74) is 5.41. The topological polar surface area (TPSA) is 88.6 Å². The smallest absolute Gasteiger partial charge is 0.341 e. The van der Waals surface area contributed by atoms with Gasteiger partial charge in [-0.1, -0.05) is 24.3 Å². The maximum atomic E-state index is 15.7. The highest BCUT2D eigenvalue weighted by Gasteiger charge is 2.34. The van der Waals surface area contributed by atoms with Crippen LogP contribution in [0.4, 0.5) is 20.2 Å². The van der Waals surface area contributed by atoms with Gasteiger partial charge in [-0.05, 0) is 24.0 Å². The summed E-state index contributed by atoms with van der Waals surface area (Å²) < 4.78 is 32.4. The Morgan fingerprint density at radius 2 is 1.72 bits per heavy atom. The number of fused-ring (bicyclic) bond motifs is 2. The molecule has 29 heavy (non-hydrogen) atoms. The van der Waals surface area contributed by atoms with Crippen molar-refractivity contribution in [2.45, 2.75) is 32.0 Å². The average molecular weight is 397 g/mol. The van der Waals surface area contributed by atoms with Gasteiger partial charge in [0, 0.05) is 25.3 Å². The Morgan fingerprint density at radius 3 is 2.28 bits per heavy atom. The predicted octanol–water partition coefficient (Wildman–Crippen LogP) is 3.42. The van der Waals surface area contributed by atoms with Gasteiger partial charge in [0.15, 0.2) is 11.6 Å². The van der Waals surface area contributed by atoms with E-state index in [-0.39, 0.29) is 17.2 Å². The molecule has 1 aliphatic heterocycles. The van der Waals surface area contributed by atoms with Crippen LogP contribution in [-0.2, 0) is 13.1 Å². The number of nitrogens with two attached hydrogens (primary N) is 1. The summed E-state index contributed by atoms with van der Waals surface area (Å²) >= 11 is 0. The lowest BCUT2D eigenvalue weighted by molar-refractivity contribution is 0.0695. The number of aromatic nitrogens is 1. The Kier molecular flexibility index (Phi) is 3.68. The molecule has 1 fully saturated rings. The lowest BCUT2D eigenvalue weighted by Crippen LogP contribution is -2.24. The molecule has 148 valence electrons. The molecule has 0 unspecified atom stereocenters. The van der Waals surface area contributed by atoms with Crippen LogP contribution in [0.15, 0.2) is 35.3 Å². The number of hydrogen-bond acceptors (Lipinski definition) is 4. The van der Waals surface area contributed by atoms with Gasteiger partial charge in [0.25, 0.3) is 0 Å². The van der Waals surface area contributed by atoms with Crippen LogP contribution in [0.25, 0.3) is 10.9 Å². The molecule has 3 aromatic rings. The fourth-order valence-electron chi connectivity index (χ4n) is 4.11. The second-order valence-corrected chi connectivity index (χ2v) is 7.55. The second-order valence-electron chi connectivity index (χ2n) is 7.55. The third-order valence-electron chi connectivity index (χ3n) is 5.69. The summed E-state index contributed by atoms with van der Waals surface area (Å²) in [5.74, 6) is -3.38. The lowest BCUT2D eigenvalue weighted by atomic mass is 10.1. The second kappa shape index (κ2) is 6.04. The summed E-state index contributed by atoms with van der Waals surface area (Å²) in [6.45, 7) is 0.631. The summed E-state index contributed by atoms with van der Waals surface area (Å²) in [6, 6.07) is 7.38. The molecule has 8 heteroatoms. The largest absolute Gasteiger partial charge is 0.477 e. The Bertz CT molecular complexity index is 1240. The molecule has 1 aromatic heterocycles. The molecule has 0 bridgehead atoms. The van der Waals surface area contributed by atoms with Gasteiger partial charge in [0.05, 0.1) is 16.6 Å². The van der Waals surface area contributed by atoms with Crippen molar-refractivity contribution in [3.63, 3.8) is 0 Å². The predicted molar refractivity (Wildman–Crippen MR) is 104 cm³/mol. The first-order chi connectivity index (χ1) is 13.9. The molecule has 3 N–H and O–H groups in total. The van der Waals surface area contributed by atoms with E-state index in [0.29, 0.717) is 13.1 Å². The van der Waals surface area contributed by atoms with Crippen LogP contribution in [0.2, 0.25) is 0 Å². The number of carbonyl (C=O) groups is 1. The molecule has 2 aliphatic rings. The standard InChI is InChI=1S/C21H17F2N3O3/c22-15-17(24)14-18(26(12-5-6-12)9-13(20(14)27)21(28)29)16(23)19(15)25-7-10-3-1-2-4-11(10)8-25/h1-4,9,12H,5-8,24H2,(H,28,29). The minimum atomic E-state index is -1.45. The van der Waals surface area contributed by atoms with Crippen molar-refractivity contribution in [2.75, 3.05) is 10.6 Å². The molecule has 6 nitrogen and oxygen atoms in total. The summed E-state index contributed by atoms with van der Waals surface area (Å²) in [7, 11) is 0. The van der Waals surface area contributed by atoms with E-state index < -0.39 is 39.7 Å². The van der Waals surface area contributed by atoms with Gasteiger partial charge < -0.3 is 20.3 Å². The number of carboxylic acids is 1. The normalized spacial score (nSPS) is 15.7. The number of benzene rings is 2. The van der Waals surface area contributed by atoms with Gasteiger partial charge in [-0.15, -0.1) is 0 Å². The molecule has 0 atom stereocenters. The first-order valence-corrected chi connectivity index (χ1v) is 9.28. The van der Waals surface area contributed by atoms with Crippen LogP contribution < -0.4 is 16.1 Å². The van der Waals surface area contributed by atoms with Crippen molar-refractivity contribution in [1.29, 1.82) is 0 Å². The van der Waals surface area contributed by atoms with Crippen molar-refractivity contribution in [2.24, 2.45) is 0 Å². The van der Waals surface area contributed by atoms with E-state index in [1.807, 2.05) is 24.3 Å². The number of carboxylic acid groups (broad SMARTS) is 1. The zero-order valence-electron chi connectivity index (χ0n) is 15.3. The molecular weight excluding hydrogens is 380 g/mol. The van der Waals surface area contributed by atoms with Crippen molar-refractivity contribution in [3.8, 4) is 0 Å². The molecule has 1 saturated carbocycles. The summed E-state index contributed by atoms with van der Waals surface area (Å²) in [6.07, 6.45) is 2.59. The van der Waals surface area contributed by atoms with Gasteiger partial charge in [-0.2, -0.15) is 0 Å². The fourth-order valence-corrected chi connectivity index (χ4v) is 4.11. The highest BCUT2D eigenvalue weighted by Crippen LogP contribution is 2.42. The molecule has 5 rings (SSSR count). The van der Waals surface area contributed by atoms with Gasteiger partial charge in [-0.25, -0.2) is 13.6 Å². The van der Waals surface area contributed by atoms with Crippen molar-refractivity contribution in [3.05, 3.63) is 69.0 Å². The van der Waals surface area contributed by atoms with E-state index in [1.165, 1.54) is 4.57 Å². The van der Waals surface area contributed by atoms with Crippen molar-refractivity contribution in [1.82, 2.24) is 4.57 Å². The number of hydrogen-bond donors (Lipinski definition) is 2. The van der Waals surface area contributed by atoms with Crippen LogP contribution in [0.5, 0.6) is 0 Å². The van der Waals surface area contributed by atoms with E-state index in [2.05, 4.69) is 0 Å². The van der Waals surface area contributed by atoms with Crippen molar-refractivity contribution >= 4 is 28.2 Å². The third kappa shape index (κ3) is 2.52. The Labute approximate surface area is 163 Å². The van der Waals surface area contributed by atoms with E-state index in [0.717, 1.165) is 30.2 Å². The van der Waals surface area contributed by atoms with Crippen molar-refractivity contribution < 1.29 is 18.7 Å². The SMILES string of the molecule is Nc1c(F)c(N2Cc3ccccc3C2)c(F)c2c1c(=O)c(C(=O)O)cn2C1CC1. The Morgan fingerprint density at radius 1 is 1.10 bits per heavy atom. The van der Waals surface area contributed by atoms with E-state index in [4.69, 9.17) is 5.73 Å². The minimum absolute atomic E-state index is 0.132. The maximum absolute atomic E-state index is 15.7. The number of pyridine rings is 1. The van der Waals surface area contributed by atoms with Crippen LogP contribution in [0.1, 0.15) is 40.4 Å². The molecule has 2 heterocycles. The number of nitrogens with zero attached hydrogens (tertiary/aromatic N) is 2. The summed E-state index contributed by atoms with van der Waals surface area (Å²) in [4.78, 5) is 25.7. The molecule has 0 radical (unpaired) electrons. The molecule has 0 spiro atoms. The molecule has 0 amide bonds. The third-order valence-corrected chi connectivity index (χ3v) is 5.69. The van der Waals surface area contributed by atoms with E-state index >= 15 is 8.78 Å². The van der Waals surface area contributed by atoms with Gasteiger partial charge in [-0.3, -0.25) is 4.79 Å². The first-order valence-electron chi connectivity index (χ1n) is 9.28. The summed E-state index contributed by atoms with van der Waals surface area (Å²) in [5, 5.41) is 8.95. The van der Waals surface area contributed by atoms with Gasteiger partial charge in [0.2, 0.25) is 5.43 Å². The fraction of sp³-hybridized carbons (Fsp3) is 0.238. The maximum Gasteiger partial charge on any atom is 0.341 e. The molecule has 2 aromatic carbocycles. The molecular formula is C21H17F2N3O3. The molecule has 0 saturated heterocycles. The quantitative estimate of drug-likeness (QED) is 0.661. The zero-order valence-corrected chi connectivity index (χ0v) is 15.3. The Hall–Kier alpha value is -3.42. The monoisotopic (exact) mass is 397 g/mol. The first kappa shape index (κ1) is 17.7. The van der Waals surface area contributed by atoms with Gasteiger partial charge >= 0.3 is 5.97 Å². The Balaban J connectivity index is 1.80. The van der Waals surface area contributed by atoms with E-state index in [9.17, 15) is 14.7 Å². The van der Waals surface area contributed by atoms with Crippen LogP contribution in [0.3, 0.4) is 0 Å². The number of rotatable bonds is 3. The lowest BCUT2D eigenvalue weighted by Gasteiger charge is -2.23. The number of aromatic carboxylic acids is 1. The minimum Gasteiger partial charge on any atom is -0.477 e. The van der Waals surface area contributed by atoms with Crippen LogP contribution in [-0.4, -0.2) is 15.6 Å². The molecule has 1 aliphatic carbocycles. The number of halogens is 2. The number of anilines is 2. The van der Waals surface area contributed by atoms with Crippen LogP contribution in [0, 0.1) is 11.6 Å². The van der Waals surface area contributed by atoms with E-state index in [1.54, 1.807) is 4.90 Å². The number of nitrogen functional groups attached to an aromatic ring is 1. The zero-order chi connectivity index (χ0) is 20.4. The van der Waals surface area contributed by atoms with Crippen LogP contribution >= 0.6 is 0 Å². The highest BCUT2D eigenvalue weighted by atomic mass is 19.1.